The molecule has 35 heavy (non-hydrogen) atoms. The molecule has 5 nitrogen and oxygen atoms in total. The number of amides is 1. The molecule has 5 rings (SSSR count). The number of aromatic nitrogens is 1. The first kappa shape index (κ1) is 24.0. The third-order valence-corrected chi connectivity index (χ3v) is 9.25. The molecule has 3 unspecified atom stereocenters. The summed E-state index contributed by atoms with van der Waals surface area (Å²) in [6, 6.07) is 10.4. The molecule has 5 atom stereocenters. The molecule has 0 radical (unpaired) electrons. The quantitative estimate of drug-likeness (QED) is 0.504. The summed E-state index contributed by atoms with van der Waals surface area (Å²) in [6.07, 6.45) is 12.1. The van der Waals surface area contributed by atoms with Gasteiger partial charge < -0.3 is 10.1 Å². The van der Waals surface area contributed by atoms with Gasteiger partial charge in [0.25, 0.3) is 0 Å². The number of nitrogens with one attached hydrogen (secondary N) is 1. The fourth-order valence-electron chi connectivity index (χ4n) is 7.49. The molecule has 1 aromatic carbocycles. The second-order valence-electron chi connectivity index (χ2n) is 11.1. The van der Waals surface area contributed by atoms with E-state index in [4.69, 9.17) is 4.74 Å². The summed E-state index contributed by atoms with van der Waals surface area (Å²) in [5, 5.41) is 3.01. The Morgan fingerprint density at radius 1 is 1.17 bits per heavy atom. The molecule has 2 aromatic rings. The lowest BCUT2D eigenvalue weighted by Crippen LogP contribution is -2.44. The maximum absolute atomic E-state index is 13.2. The number of benzene rings is 1. The Hall–Kier alpha value is -2.69. The average molecular weight is 475 g/mol. The maximum atomic E-state index is 13.2. The van der Waals surface area contributed by atoms with Crippen molar-refractivity contribution in [1.82, 2.24) is 10.3 Å². The van der Waals surface area contributed by atoms with Crippen LogP contribution in [0.15, 0.2) is 42.7 Å². The van der Waals surface area contributed by atoms with Crippen LogP contribution in [0, 0.1) is 23.2 Å². The molecule has 1 amide bonds. The molecule has 0 aliphatic heterocycles. The van der Waals surface area contributed by atoms with Crippen molar-refractivity contribution < 1.29 is 14.3 Å². The molecule has 186 valence electrons. The van der Waals surface area contributed by atoms with Crippen LogP contribution in [0.2, 0.25) is 0 Å². The van der Waals surface area contributed by atoms with Crippen molar-refractivity contribution in [3.63, 3.8) is 0 Å². The van der Waals surface area contributed by atoms with E-state index < -0.39 is 0 Å². The topological polar surface area (TPSA) is 68.3 Å². The summed E-state index contributed by atoms with van der Waals surface area (Å²) in [5.41, 5.74) is 3.84. The number of carbonyl (C=O) groups is 2. The Balaban J connectivity index is 1.19. The smallest absolute Gasteiger partial charge is 0.220 e. The van der Waals surface area contributed by atoms with Gasteiger partial charge in [-0.15, -0.1) is 0 Å². The number of nitrogens with zero attached hydrogens (tertiary/aromatic N) is 1. The standard InChI is InChI=1S/C30H38N2O3/c1-30-14-11-25-24-10-8-23(35-2)17-21(24)7-9-26(25)29(30)22(18-27(30)33)5-3-4-6-28(34)32-19-20-12-15-31-16-13-20/h8,10,12-13,15-17,22,25-26,29H,3-7,9,11,14,18-19H2,1-2H3,(H,32,34)/t22-,25?,26?,29?,30-/m1/s1. The minimum Gasteiger partial charge on any atom is -0.497 e. The van der Waals surface area contributed by atoms with Gasteiger partial charge in [0, 0.05) is 37.2 Å². The van der Waals surface area contributed by atoms with Gasteiger partial charge in [0.15, 0.2) is 0 Å². The first-order chi connectivity index (χ1) is 17.0. The number of pyridine rings is 1. The van der Waals surface area contributed by atoms with Crippen LogP contribution in [0.3, 0.4) is 0 Å². The van der Waals surface area contributed by atoms with Crippen molar-refractivity contribution >= 4 is 11.7 Å². The van der Waals surface area contributed by atoms with Gasteiger partial charge in [-0.05, 0) is 103 Å². The van der Waals surface area contributed by atoms with Crippen molar-refractivity contribution in [2.24, 2.45) is 23.2 Å². The zero-order valence-corrected chi connectivity index (χ0v) is 21.1. The SMILES string of the molecule is COc1ccc2c(c1)CCC1C2CC[C@]2(C)C(=O)C[C@@H](CCCCC(=O)NCc3ccncc3)C12. The van der Waals surface area contributed by atoms with E-state index in [-0.39, 0.29) is 11.3 Å². The highest BCUT2D eigenvalue weighted by Gasteiger charge is 2.58. The van der Waals surface area contributed by atoms with E-state index in [9.17, 15) is 9.59 Å². The van der Waals surface area contributed by atoms with Crippen molar-refractivity contribution in [2.45, 2.75) is 77.2 Å². The number of carbonyl (C=O) groups excluding carboxylic acids is 2. The van der Waals surface area contributed by atoms with Crippen LogP contribution in [-0.4, -0.2) is 23.8 Å². The van der Waals surface area contributed by atoms with E-state index in [1.165, 1.54) is 17.5 Å². The number of aryl methyl sites for hydroxylation is 1. The molecule has 3 aliphatic rings. The second kappa shape index (κ2) is 10.1. The van der Waals surface area contributed by atoms with Crippen molar-refractivity contribution in [1.29, 1.82) is 0 Å². The second-order valence-corrected chi connectivity index (χ2v) is 11.1. The zero-order chi connectivity index (χ0) is 24.4. The number of hydrogen-bond donors (Lipinski definition) is 1. The number of methoxy groups -OCH3 is 1. The van der Waals surface area contributed by atoms with E-state index in [1.807, 2.05) is 12.1 Å². The van der Waals surface area contributed by atoms with Gasteiger partial charge in [-0.1, -0.05) is 19.4 Å². The number of Topliss-reactive ketones (excluding diaryl/α,β-unsaturated/α-hetero) is 1. The number of fused-ring (bicyclic) bond motifs is 5. The van der Waals surface area contributed by atoms with E-state index in [0.29, 0.717) is 42.4 Å². The first-order valence-corrected chi connectivity index (χ1v) is 13.4. The number of rotatable bonds is 8. The molecular weight excluding hydrogens is 436 g/mol. The van der Waals surface area contributed by atoms with Crippen LogP contribution in [0.4, 0.5) is 0 Å². The summed E-state index contributed by atoms with van der Waals surface area (Å²) in [5.74, 6) is 3.63. The lowest BCUT2D eigenvalue weighted by molar-refractivity contribution is -0.129. The van der Waals surface area contributed by atoms with Gasteiger partial charge in [0.2, 0.25) is 5.91 Å². The molecule has 2 saturated carbocycles. The lowest BCUT2D eigenvalue weighted by Gasteiger charge is -2.50. The summed E-state index contributed by atoms with van der Waals surface area (Å²) in [6.45, 7) is 2.81. The molecular formula is C30H38N2O3. The summed E-state index contributed by atoms with van der Waals surface area (Å²) in [4.78, 5) is 29.5. The molecule has 1 heterocycles. The molecule has 3 aliphatic carbocycles. The average Bonchev–Trinajstić information content (AvgIpc) is 3.15. The van der Waals surface area contributed by atoms with Crippen LogP contribution in [0.1, 0.15) is 80.9 Å². The van der Waals surface area contributed by atoms with Gasteiger partial charge >= 0.3 is 0 Å². The highest BCUT2D eigenvalue weighted by atomic mass is 16.5. The molecule has 0 bridgehead atoms. The molecule has 5 heteroatoms. The van der Waals surface area contributed by atoms with Crippen molar-refractivity contribution in [2.75, 3.05) is 7.11 Å². The molecule has 0 saturated heterocycles. The Bertz CT molecular complexity index is 1070. The third kappa shape index (κ3) is 4.74. The van der Waals surface area contributed by atoms with E-state index in [2.05, 4.69) is 35.4 Å². The highest BCUT2D eigenvalue weighted by molar-refractivity contribution is 5.87. The minimum atomic E-state index is -0.155. The van der Waals surface area contributed by atoms with Gasteiger partial charge in [-0.3, -0.25) is 14.6 Å². The Morgan fingerprint density at radius 3 is 2.80 bits per heavy atom. The number of ketones is 1. The normalized spacial score (nSPS) is 29.1. The summed E-state index contributed by atoms with van der Waals surface area (Å²) < 4.78 is 5.47. The number of unbranched alkanes of at least 4 members (excludes halogenated alkanes) is 1. The van der Waals surface area contributed by atoms with Crippen molar-refractivity contribution in [3.8, 4) is 5.75 Å². The first-order valence-electron chi connectivity index (χ1n) is 13.4. The van der Waals surface area contributed by atoms with Crippen LogP contribution in [0.5, 0.6) is 5.75 Å². The van der Waals surface area contributed by atoms with Gasteiger partial charge in [0.1, 0.15) is 11.5 Å². The van der Waals surface area contributed by atoms with Crippen LogP contribution >= 0.6 is 0 Å². The Morgan fingerprint density at radius 2 is 2.00 bits per heavy atom. The fourth-order valence-corrected chi connectivity index (χ4v) is 7.49. The van der Waals surface area contributed by atoms with Gasteiger partial charge in [0.05, 0.1) is 7.11 Å². The number of hydrogen-bond acceptors (Lipinski definition) is 4. The zero-order valence-electron chi connectivity index (χ0n) is 21.1. The van der Waals surface area contributed by atoms with Crippen LogP contribution < -0.4 is 10.1 Å². The van der Waals surface area contributed by atoms with E-state index in [1.54, 1.807) is 19.5 Å². The van der Waals surface area contributed by atoms with Crippen molar-refractivity contribution in [3.05, 3.63) is 59.4 Å². The van der Waals surface area contributed by atoms with E-state index in [0.717, 1.165) is 56.3 Å². The summed E-state index contributed by atoms with van der Waals surface area (Å²) >= 11 is 0. The van der Waals surface area contributed by atoms with Gasteiger partial charge in [-0.2, -0.15) is 0 Å². The predicted octanol–water partition coefficient (Wildman–Crippen LogP) is 5.62. The molecule has 1 N–H and O–H groups in total. The highest BCUT2D eigenvalue weighted by Crippen LogP contribution is 2.62. The third-order valence-electron chi connectivity index (χ3n) is 9.25. The maximum Gasteiger partial charge on any atom is 0.220 e. The van der Waals surface area contributed by atoms with Gasteiger partial charge in [-0.25, -0.2) is 0 Å². The lowest BCUT2D eigenvalue weighted by atomic mass is 9.54. The Kier molecular flexibility index (Phi) is 6.95. The molecule has 0 spiro atoms. The van der Waals surface area contributed by atoms with E-state index >= 15 is 0 Å². The fraction of sp³-hybridized carbons (Fsp3) is 0.567. The van der Waals surface area contributed by atoms with Crippen LogP contribution in [-0.2, 0) is 22.6 Å². The Labute approximate surface area is 209 Å². The predicted molar refractivity (Wildman–Crippen MR) is 136 cm³/mol. The monoisotopic (exact) mass is 474 g/mol. The number of ether oxygens (including phenoxy) is 1. The minimum absolute atomic E-state index is 0.103. The molecule has 2 fully saturated rings. The largest absolute Gasteiger partial charge is 0.497 e. The summed E-state index contributed by atoms with van der Waals surface area (Å²) in [7, 11) is 1.73. The molecule has 1 aromatic heterocycles. The van der Waals surface area contributed by atoms with Crippen LogP contribution in [0.25, 0.3) is 0 Å².